The number of oxime groups is 1. The topological polar surface area (TPSA) is 41.8 Å². The van der Waals surface area contributed by atoms with Crippen molar-refractivity contribution in [3.8, 4) is 5.75 Å². The van der Waals surface area contributed by atoms with Gasteiger partial charge in [0.05, 0.1) is 0 Å². The van der Waals surface area contributed by atoms with Gasteiger partial charge >= 0.3 is 0 Å². The van der Waals surface area contributed by atoms with Crippen LogP contribution in [0.5, 0.6) is 5.75 Å². The minimum atomic E-state index is 0.371. The summed E-state index contributed by atoms with van der Waals surface area (Å²) >= 11 is 0. The highest BCUT2D eigenvalue weighted by atomic mass is 16.5. The largest absolute Gasteiger partial charge is 0.486 e. The second-order valence-electron chi connectivity index (χ2n) is 2.33. The van der Waals surface area contributed by atoms with E-state index in [1.807, 2.05) is 24.3 Å². The highest BCUT2D eigenvalue weighted by Crippen LogP contribution is 2.24. The predicted octanol–water partition coefficient (Wildman–Crippen LogP) is 1.26. The Morgan fingerprint density at radius 2 is 2.18 bits per heavy atom. The fraction of sp³-hybridized carbons (Fsp3) is 0.125. The Balaban J connectivity index is 2.55. The lowest BCUT2D eigenvalue weighted by molar-refractivity contribution is 0.313. The van der Waals surface area contributed by atoms with Crippen molar-refractivity contribution in [1.82, 2.24) is 0 Å². The van der Waals surface area contributed by atoms with Crippen LogP contribution < -0.4 is 4.74 Å². The van der Waals surface area contributed by atoms with Gasteiger partial charge in [-0.25, -0.2) is 0 Å². The predicted molar refractivity (Wildman–Crippen MR) is 40.3 cm³/mol. The van der Waals surface area contributed by atoms with Crippen LogP contribution in [-0.2, 0) is 0 Å². The van der Waals surface area contributed by atoms with Crippen LogP contribution in [0.4, 0.5) is 0 Å². The maximum atomic E-state index is 8.52. The lowest BCUT2D eigenvalue weighted by Gasteiger charge is -1.92. The first-order valence-electron chi connectivity index (χ1n) is 3.35. The zero-order valence-corrected chi connectivity index (χ0v) is 5.82. The van der Waals surface area contributed by atoms with E-state index in [0.717, 1.165) is 11.3 Å². The third-order valence-corrected chi connectivity index (χ3v) is 1.68. The number of hydrogen-bond acceptors (Lipinski definition) is 3. The van der Waals surface area contributed by atoms with Gasteiger partial charge in [0.15, 0.2) is 0 Å². The summed E-state index contributed by atoms with van der Waals surface area (Å²) in [7, 11) is 0. The van der Waals surface area contributed by atoms with Crippen LogP contribution in [0, 0.1) is 0 Å². The lowest BCUT2D eigenvalue weighted by atomic mass is 10.1. The van der Waals surface area contributed by atoms with Gasteiger partial charge in [0, 0.05) is 5.56 Å². The maximum Gasteiger partial charge on any atom is 0.134 e. The number of nitrogens with zero attached hydrogens (tertiary/aromatic N) is 1. The van der Waals surface area contributed by atoms with E-state index in [0.29, 0.717) is 12.3 Å². The SMILES string of the molecule is O/N=C1/COc2ccccc21. The van der Waals surface area contributed by atoms with Crippen molar-refractivity contribution in [3.05, 3.63) is 29.8 Å². The summed E-state index contributed by atoms with van der Waals surface area (Å²) in [5.41, 5.74) is 1.48. The van der Waals surface area contributed by atoms with Gasteiger partial charge in [0.2, 0.25) is 0 Å². The van der Waals surface area contributed by atoms with E-state index in [1.165, 1.54) is 0 Å². The molecule has 3 heteroatoms. The normalized spacial score (nSPS) is 18.0. The molecule has 11 heavy (non-hydrogen) atoms. The highest BCUT2D eigenvalue weighted by Gasteiger charge is 2.17. The van der Waals surface area contributed by atoms with Crippen molar-refractivity contribution in [2.75, 3.05) is 6.61 Å². The molecule has 0 fully saturated rings. The molecule has 3 nitrogen and oxygen atoms in total. The lowest BCUT2D eigenvalue weighted by Crippen LogP contribution is -2.01. The second kappa shape index (κ2) is 2.27. The number of hydrogen-bond donors (Lipinski definition) is 1. The maximum absolute atomic E-state index is 8.52. The molecular formula is C8H7NO2. The molecule has 0 bridgehead atoms. The summed E-state index contributed by atoms with van der Waals surface area (Å²) in [6.07, 6.45) is 0. The summed E-state index contributed by atoms with van der Waals surface area (Å²) < 4.78 is 5.21. The van der Waals surface area contributed by atoms with Gasteiger partial charge in [-0.3, -0.25) is 0 Å². The molecule has 2 rings (SSSR count). The molecule has 1 N–H and O–H groups in total. The van der Waals surface area contributed by atoms with Gasteiger partial charge in [0.25, 0.3) is 0 Å². The van der Waals surface area contributed by atoms with Gasteiger partial charge in [-0.05, 0) is 12.1 Å². The summed E-state index contributed by atoms with van der Waals surface area (Å²) in [6, 6.07) is 7.50. The number of ether oxygens (including phenoxy) is 1. The molecule has 1 aliphatic heterocycles. The monoisotopic (exact) mass is 149 g/mol. The molecule has 0 aromatic heterocycles. The molecule has 0 spiro atoms. The van der Waals surface area contributed by atoms with E-state index >= 15 is 0 Å². The molecule has 0 unspecified atom stereocenters. The summed E-state index contributed by atoms with van der Waals surface area (Å²) in [6.45, 7) is 0.371. The molecule has 0 saturated heterocycles. The molecule has 1 aromatic rings. The molecular weight excluding hydrogens is 142 g/mol. The summed E-state index contributed by atoms with van der Waals surface area (Å²) in [5.74, 6) is 0.792. The van der Waals surface area contributed by atoms with Crippen LogP contribution in [0.3, 0.4) is 0 Å². The van der Waals surface area contributed by atoms with Crippen LogP contribution in [-0.4, -0.2) is 17.5 Å². The Labute approximate surface area is 63.9 Å². The molecule has 0 amide bonds. The first-order chi connectivity index (χ1) is 5.42. The minimum absolute atomic E-state index is 0.371. The third kappa shape index (κ3) is 0.852. The van der Waals surface area contributed by atoms with Gasteiger partial charge in [-0.2, -0.15) is 0 Å². The van der Waals surface area contributed by atoms with Crippen LogP contribution in [0.15, 0.2) is 29.4 Å². The first-order valence-corrected chi connectivity index (χ1v) is 3.35. The standard InChI is InChI=1S/C8H7NO2/c10-9-7-5-11-8-4-2-1-3-6(7)8/h1-4,10H,5H2/b9-7-. The molecule has 0 aliphatic carbocycles. The van der Waals surface area contributed by atoms with Crippen molar-refractivity contribution < 1.29 is 9.94 Å². The minimum Gasteiger partial charge on any atom is -0.486 e. The number of benzene rings is 1. The van der Waals surface area contributed by atoms with E-state index in [4.69, 9.17) is 9.94 Å². The Morgan fingerprint density at radius 1 is 1.36 bits per heavy atom. The fourth-order valence-corrected chi connectivity index (χ4v) is 1.14. The zero-order valence-electron chi connectivity index (χ0n) is 5.82. The van der Waals surface area contributed by atoms with Crippen molar-refractivity contribution in [1.29, 1.82) is 0 Å². The van der Waals surface area contributed by atoms with Crippen molar-refractivity contribution in [3.63, 3.8) is 0 Å². The average Bonchev–Trinajstić information content (AvgIpc) is 2.47. The van der Waals surface area contributed by atoms with E-state index in [9.17, 15) is 0 Å². The van der Waals surface area contributed by atoms with Crippen molar-refractivity contribution in [2.24, 2.45) is 5.16 Å². The van der Waals surface area contributed by atoms with Crippen LogP contribution in [0.2, 0.25) is 0 Å². The summed E-state index contributed by atoms with van der Waals surface area (Å²) in [4.78, 5) is 0. The Morgan fingerprint density at radius 3 is 3.00 bits per heavy atom. The van der Waals surface area contributed by atoms with Crippen molar-refractivity contribution >= 4 is 5.71 Å². The Bertz CT molecular complexity index is 307. The number of fused-ring (bicyclic) bond motifs is 1. The van der Waals surface area contributed by atoms with Gasteiger partial charge in [-0.1, -0.05) is 17.3 Å². The van der Waals surface area contributed by atoms with Gasteiger partial charge in [-0.15, -0.1) is 0 Å². The summed E-state index contributed by atoms with van der Waals surface area (Å²) in [5, 5.41) is 11.6. The first kappa shape index (κ1) is 6.22. The van der Waals surface area contributed by atoms with E-state index in [-0.39, 0.29) is 0 Å². The molecule has 1 heterocycles. The molecule has 0 atom stereocenters. The molecule has 0 radical (unpaired) electrons. The van der Waals surface area contributed by atoms with Crippen LogP contribution >= 0.6 is 0 Å². The smallest absolute Gasteiger partial charge is 0.134 e. The second-order valence-corrected chi connectivity index (χ2v) is 2.33. The molecule has 1 aliphatic rings. The van der Waals surface area contributed by atoms with Crippen molar-refractivity contribution in [2.45, 2.75) is 0 Å². The Hall–Kier alpha value is -1.51. The fourth-order valence-electron chi connectivity index (χ4n) is 1.14. The highest BCUT2D eigenvalue weighted by molar-refractivity contribution is 6.05. The zero-order chi connectivity index (χ0) is 7.68. The molecule has 56 valence electrons. The van der Waals surface area contributed by atoms with Gasteiger partial charge < -0.3 is 9.94 Å². The van der Waals surface area contributed by atoms with E-state index in [1.54, 1.807) is 0 Å². The van der Waals surface area contributed by atoms with Crippen LogP contribution in [0.25, 0.3) is 0 Å². The number of rotatable bonds is 0. The molecule has 0 saturated carbocycles. The molecule has 1 aromatic carbocycles. The third-order valence-electron chi connectivity index (χ3n) is 1.68. The van der Waals surface area contributed by atoms with Crippen LogP contribution in [0.1, 0.15) is 5.56 Å². The van der Waals surface area contributed by atoms with E-state index < -0.39 is 0 Å². The average molecular weight is 149 g/mol. The number of para-hydroxylation sites is 1. The quantitative estimate of drug-likeness (QED) is 0.445. The van der Waals surface area contributed by atoms with Gasteiger partial charge in [0.1, 0.15) is 18.1 Å². The van der Waals surface area contributed by atoms with E-state index in [2.05, 4.69) is 5.16 Å². The Kier molecular flexibility index (Phi) is 1.28.